The summed E-state index contributed by atoms with van der Waals surface area (Å²) in [6.07, 6.45) is 1.61. The molecule has 1 fully saturated rings. The summed E-state index contributed by atoms with van der Waals surface area (Å²) in [6.45, 7) is 10.1. The molecule has 0 aromatic heterocycles. The number of amides is 1. The van der Waals surface area contributed by atoms with Crippen LogP contribution in [0.3, 0.4) is 0 Å². The molecule has 1 saturated heterocycles. The standard InChI is InChI=1S/C20H32N2O4/c1-3-4-11-25-17(2)20(23)21-16-18-6-5-7-19(15-18)26-14-10-22-8-12-24-13-9-22/h5-7,15,17H,3-4,8-14,16H2,1-2H3,(H,21,23). The molecule has 1 heterocycles. The number of unbranched alkanes of at least 4 members (excludes halogenated alkanes) is 1. The smallest absolute Gasteiger partial charge is 0.249 e. The van der Waals surface area contributed by atoms with Crippen molar-refractivity contribution in [2.24, 2.45) is 0 Å². The van der Waals surface area contributed by atoms with Gasteiger partial charge in [-0.2, -0.15) is 0 Å². The second-order valence-electron chi connectivity index (χ2n) is 6.53. The Morgan fingerprint density at radius 1 is 1.31 bits per heavy atom. The van der Waals surface area contributed by atoms with Crippen molar-refractivity contribution in [3.8, 4) is 5.75 Å². The van der Waals surface area contributed by atoms with Crippen molar-refractivity contribution in [3.05, 3.63) is 29.8 Å². The molecule has 6 nitrogen and oxygen atoms in total. The van der Waals surface area contributed by atoms with E-state index < -0.39 is 6.10 Å². The van der Waals surface area contributed by atoms with Crippen molar-refractivity contribution in [2.75, 3.05) is 46.1 Å². The van der Waals surface area contributed by atoms with Crippen LogP contribution in [0.15, 0.2) is 24.3 Å². The minimum absolute atomic E-state index is 0.0836. The van der Waals surface area contributed by atoms with Crippen LogP contribution in [-0.4, -0.2) is 63.0 Å². The molecule has 1 amide bonds. The van der Waals surface area contributed by atoms with Crippen LogP contribution < -0.4 is 10.1 Å². The molecule has 1 aromatic carbocycles. The molecule has 6 heteroatoms. The van der Waals surface area contributed by atoms with Gasteiger partial charge >= 0.3 is 0 Å². The lowest BCUT2D eigenvalue weighted by Gasteiger charge is -2.26. The van der Waals surface area contributed by atoms with Gasteiger partial charge < -0.3 is 19.5 Å². The lowest BCUT2D eigenvalue weighted by molar-refractivity contribution is -0.131. The molecule has 1 aliphatic heterocycles. The highest BCUT2D eigenvalue weighted by Crippen LogP contribution is 2.13. The number of nitrogens with one attached hydrogen (secondary N) is 1. The van der Waals surface area contributed by atoms with E-state index in [0.29, 0.717) is 19.8 Å². The van der Waals surface area contributed by atoms with E-state index in [1.54, 1.807) is 6.92 Å². The maximum absolute atomic E-state index is 12.1. The third-order valence-corrected chi connectivity index (χ3v) is 4.38. The van der Waals surface area contributed by atoms with Gasteiger partial charge in [-0.1, -0.05) is 25.5 Å². The molecular weight excluding hydrogens is 332 g/mol. The molecule has 0 aliphatic carbocycles. The van der Waals surface area contributed by atoms with Gasteiger partial charge in [0.25, 0.3) is 0 Å². The lowest BCUT2D eigenvalue weighted by Crippen LogP contribution is -2.38. The molecule has 1 N–H and O–H groups in total. The number of rotatable bonds is 11. The molecule has 0 bridgehead atoms. The SMILES string of the molecule is CCCCOC(C)C(=O)NCc1cccc(OCCN2CCOCC2)c1. The fraction of sp³-hybridized carbons (Fsp3) is 0.650. The maximum atomic E-state index is 12.1. The highest BCUT2D eigenvalue weighted by atomic mass is 16.5. The monoisotopic (exact) mass is 364 g/mol. The van der Waals surface area contributed by atoms with Crippen molar-refractivity contribution in [1.82, 2.24) is 10.2 Å². The third-order valence-electron chi connectivity index (χ3n) is 4.38. The predicted octanol–water partition coefficient (Wildman–Crippen LogP) is 2.22. The number of nitrogens with zero attached hydrogens (tertiary/aromatic N) is 1. The summed E-state index contributed by atoms with van der Waals surface area (Å²) >= 11 is 0. The van der Waals surface area contributed by atoms with Gasteiger partial charge in [0.05, 0.1) is 13.2 Å². The largest absolute Gasteiger partial charge is 0.492 e. The molecule has 0 radical (unpaired) electrons. The summed E-state index contributed by atoms with van der Waals surface area (Å²) in [5.41, 5.74) is 1.02. The van der Waals surface area contributed by atoms with E-state index in [1.807, 2.05) is 24.3 Å². The molecule has 1 atom stereocenters. The van der Waals surface area contributed by atoms with Crippen LogP contribution in [0.5, 0.6) is 5.75 Å². The maximum Gasteiger partial charge on any atom is 0.249 e. The Morgan fingerprint density at radius 2 is 2.12 bits per heavy atom. The quantitative estimate of drug-likeness (QED) is 0.610. The van der Waals surface area contributed by atoms with Crippen molar-refractivity contribution < 1.29 is 19.0 Å². The Balaban J connectivity index is 1.69. The Bertz CT molecular complexity index is 532. The van der Waals surface area contributed by atoms with Crippen LogP contribution in [0.2, 0.25) is 0 Å². The first-order valence-electron chi connectivity index (χ1n) is 9.60. The van der Waals surface area contributed by atoms with Crippen LogP contribution >= 0.6 is 0 Å². The van der Waals surface area contributed by atoms with Crippen LogP contribution in [0.1, 0.15) is 32.3 Å². The number of carbonyl (C=O) groups is 1. The molecule has 26 heavy (non-hydrogen) atoms. The van der Waals surface area contributed by atoms with E-state index in [2.05, 4.69) is 17.1 Å². The molecule has 0 spiro atoms. The minimum Gasteiger partial charge on any atom is -0.492 e. The highest BCUT2D eigenvalue weighted by molar-refractivity contribution is 5.80. The summed E-state index contributed by atoms with van der Waals surface area (Å²) in [5.74, 6) is 0.747. The Kier molecular flexibility index (Phi) is 9.45. The Labute approximate surface area is 156 Å². The molecule has 2 rings (SSSR count). The number of ether oxygens (including phenoxy) is 3. The van der Waals surface area contributed by atoms with Crippen LogP contribution in [0, 0.1) is 0 Å². The van der Waals surface area contributed by atoms with Gasteiger partial charge in [-0.15, -0.1) is 0 Å². The molecule has 146 valence electrons. The van der Waals surface area contributed by atoms with Gasteiger partial charge in [-0.05, 0) is 31.0 Å². The first-order chi connectivity index (χ1) is 12.7. The second-order valence-corrected chi connectivity index (χ2v) is 6.53. The van der Waals surface area contributed by atoms with E-state index in [4.69, 9.17) is 14.2 Å². The fourth-order valence-corrected chi connectivity index (χ4v) is 2.68. The average Bonchev–Trinajstić information content (AvgIpc) is 2.67. The zero-order valence-corrected chi connectivity index (χ0v) is 16.0. The van der Waals surface area contributed by atoms with Crippen molar-refractivity contribution in [3.63, 3.8) is 0 Å². The number of hydrogen-bond donors (Lipinski definition) is 1. The zero-order chi connectivity index (χ0) is 18.6. The van der Waals surface area contributed by atoms with Gasteiger partial charge in [-0.25, -0.2) is 0 Å². The van der Waals surface area contributed by atoms with Crippen molar-refractivity contribution in [2.45, 2.75) is 39.3 Å². The molecular formula is C20H32N2O4. The zero-order valence-electron chi connectivity index (χ0n) is 16.0. The average molecular weight is 364 g/mol. The summed E-state index contributed by atoms with van der Waals surface area (Å²) in [5, 5.41) is 2.92. The van der Waals surface area contributed by atoms with E-state index in [9.17, 15) is 4.79 Å². The topological polar surface area (TPSA) is 60.0 Å². The molecule has 1 aliphatic rings. The summed E-state index contributed by atoms with van der Waals surface area (Å²) in [7, 11) is 0. The van der Waals surface area contributed by atoms with E-state index in [-0.39, 0.29) is 5.91 Å². The fourth-order valence-electron chi connectivity index (χ4n) is 2.68. The Morgan fingerprint density at radius 3 is 2.88 bits per heavy atom. The molecule has 1 aromatic rings. The highest BCUT2D eigenvalue weighted by Gasteiger charge is 2.13. The van der Waals surface area contributed by atoms with E-state index >= 15 is 0 Å². The van der Waals surface area contributed by atoms with Crippen LogP contribution in [0.4, 0.5) is 0 Å². The summed E-state index contributed by atoms with van der Waals surface area (Å²) < 4.78 is 16.7. The number of morpholine rings is 1. The second kappa shape index (κ2) is 11.9. The number of carbonyl (C=O) groups excluding carboxylic acids is 1. The Hall–Kier alpha value is -1.63. The normalized spacial score (nSPS) is 16.2. The molecule has 0 saturated carbocycles. The number of hydrogen-bond acceptors (Lipinski definition) is 5. The predicted molar refractivity (Wildman–Crippen MR) is 101 cm³/mol. The van der Waals surface area contributed by atoms with E-state index in [0.717, 1.165) is 57.0 Å². The minimum atomic E-state index is -0.422. The van der Waals surface area contributed by atoms with Gasteiger partial charge in [0, 0.05) is 32.8 Å². The van der Waals surface area contributed by atoms with Crippen molar-refractivity contribution in [1.29, 1.82) is 0 Å². The lowest BCUT2D eigenvalue weighted by atomic mass is 10.2. The number of benzene rings is 1. The van der Waals surface area contributed by atoms with Gasteiger partial charge in [0.1, 0.15) is 18.5 Å². The van der Waals surface area contributed by atoms with Crippen LogP contribution in [-0.2, 0) is 20.8 Å². The first kappa shape index (κ1) is 20.7. The van der Waals surface area contributed by atoms with Gasteiger partial charge in [0.15, 0.2) is 0 Å². The van der Waals surface area contributed by atoms with Crippen LogP contribution in [0.25, 0.3) is 0 Å². The third kappa shape index (κ3) is 7.72. The van der Waals surface area contributed by atoms with Gasteiger partial charge in [0.2, 0.25) is 5.91 Å². The van der Waals surface area contributed by atoms with E-state index in [1.165, 1.54) is 0 Å². The first-order valence-corrected chi connectivity index (χ1v) is 9.60. The van der Waals surface area contributed by atoms with Crippen molar-refractivity contribution >= 4 is 5.91 Å². The summed E-state index contributed by atoms with van der Waals surface area (Å²) in [6, 6.07) is 7.85. The molecule has 1 unspecified atom stereocenters. The van der Waals surface area contributed by atoms with Gasteiger partial charge in [-0.3, -0.25) is 9.69 Å². The summed E-state index contributed by atoms with van der Waals surface area (Å²) in [4.78, 5) is 14.4.